The van der Waals surface area contributed by atoms with Gasteiger partial charge in [-0.25, -0.2) is 0 Å². The summed E-state index contributed by atoms with van der Waals surface area (Å²) in [6.45, 7) is -0.131. The van der Waals surface area contributed by atoms with Gasteiger partial charge < -0.3 is 15.0 Å². The molecule has 0 saturated heterocycles. The third kappa shape index (κ3) is 4.35. The maximum Gasteiger partial charge on any atom is 0.271 e. The Bertz CT molecular complexity index is 649. The molecule has 0 aromatic carbocycles. The SMILES string of the molecule is CNC(=O)c1[nH]c(CCOS(C)(=O)=O)cc(=O)c1OC. The molecule has 1 amide bonds. The molecule has 1 heterocycles. The number of hydrogen-bond donors (Lipinski definition) is 2. The summed E-state index contributed by atoms with van der Waals surface area (Å²) < 4.78 is 31.1. The Hall–Kier alpha value is -1.87. The lowest BCUT2D eigenvalue weighted by Gasteiger charge is -2.09. The molecular weight excluding hydrogens is 288 g/mol. The summed E-state index contributed by atoms with van der Waals surface area (Å²) >= 11 is 0. The Morgan fingerprint density at radius 1 is 1.45 bits per heavy atom. The van der Waals surface area contributed by atoms with E-state index in [1.807, 2.05) is 0 Å². The van der Waals surface area contributed by atoms with Gasteiger partial charge >= 0.3 is 0 Å². The molecule has 1 aromatic rings. The first-order valence-electron chi connectivity index (χ1n) is 5.65. The van der Waals surface area contributed by atoms with Crippen LogP contribution < -0.4 is 15.5 Å². The van der Waals surface area contributed by atoms with Crippen LogP contribution in [-0.2, 0) is 20.7 Å². The summed E-state index contributed by atoms with van der Waals surface area (Å²) in [4.78, 5) is 26.2. The van der Waals surface area contributed by atoms with E-state index in [-0.39, 0.29) is 24.5 Å². The fraction of sp³-hybridized carbons (Fsp3) is 0.455. The van der Waals surface area contributed by atoms with Gasteiger partial charge in [0, 0.05) is 25.2 Å². The first-order chi connectivity index (χ1) is 9.28. The van der Waals surface area contributed by atoms with Crippen LogP contribution in [0.2, 0.25) is 0 Å². The van der Waals surface area contributed by atoms with Gasteiger partial charge in [-0.1, -0.05) is 0 Å². The third-order valence-electron chi connectivity index (χ3n) is 2.37. The van der Waals surface area contributed by atoms with Crippen molar-refractivity contribution in [3.05, 3.63) is 27.7 Å². The standard InChI is InChI=1S/C11H16N2O6S/c1-12-11(15)9-10(18-2)8(14)6-7(13-9)4-5-19-20(3,16)17/h6H,4-5H2,1-3H3,(H,12,15)(H,13,14). The lowest BCUT2D eigenvalue weighted by atomic mass is 10.2. The summed E-state index contributed by atoms with van der Waals surface area (Å²) in [7, 11) is -0.847. The van der Waals surface area contributed by atoms with Crippen molar-refractivity contribution in [3.63, 3.8) is 0 Å². The number of aromatic nitrogens is 1. The Morgan fingerprint density at radius 3 is 2.60 bits per heavy atom. The molecule has 0 fully saturated rings. The van der Waals surface area contributed by atoms with E-state index in [4.69, 9.17) is 4.74 Å². The van der Waals surface area contributed by atoms with Gasteiger partial charge in [0.25, 0.3) is 16.0 Å². The number of nitrogens with one attached hydrogen (secondary N) is 2. The van der Waals surface area contributed by atoms with Gasteiger partial charge in [0.05, 0.1) is 20.0 Å². The highest BCUT2D eigenvalue weighted by atomic mass is 32.2. The lowest BCUT2D eigenvalue weighted by molar-refractivity contribution is 0.0954. The number of methoxy groups -OCH3 is 1. The molecule has 0 aliphatic rings. The van der Waals surface area contributed by atoms with Crippen molar-refractivity contribution in [2.75, 3.05) is 27.0 Å². The average molecular weight is 304 g/mol. The first-order valence-corrected chi connectivity index (χ1v) is 7.46. The molecule has 112 valence electrons. The van der Waals surface area contributed by atoms with Crippen LogP contribution in [0.15, 0.2) is 10.9 Å². The number of aromatic amines is 1. The number of ether oxygens (including phenoxy) is 1. The molecule has 0 bridgehead atoms. The van der Waals surface area contributed by atoms with Crippen molar-refractivity contribution in [1.82, 2.24) is 10.3 Å². The highest BCUT2D eigenvalue weighted by molar-refractivity contribution is 7.85. The lowest BCUT2D eigenvalue weighted by Crippen LogP contribution is -2.24. The van der Waals surface area contributed by atoms with Crippen molar-refractivity contribution >= 4 is 16.0 Å². The van der Waals surface area contributed by atoms with Crippen LogP contribution in [0.5, 0.6) is 5.75 Å². The molecule has 0 aliphatic carbocycles. The molecule has 1 rings (SSSR count). The quantitative estimate of drug-likeness (QED) is 0.669. The van der Waals surface area contributed by atoms with Crippen molar-refractivity contribution < 1.29 is 22.1 Å². The summed E-state index contributed by atoms with van der Waals surface area (Å²) in [5.41, 5.74) is -0.117. The monoisotopic (exact) mass is 304 g/mol. The number of carbonyl (C=O) groups excluding carboxylic acids is 1. The molecule has 1 aromatic heterocycles. The molecule has 2 N–H and O–H groups in total. The molecule has 0 atom stereocenters. The number of H-pyrrole nitrogens is 1. The summed E-state index contributed by atoms with van der Waals surface area (Å²) in [5, 5.41) is 2.37. The Labute approximate surface area is 116 Å². The van der Waals surface area contributed by atoms with Crippen LogP contribution in [0.1, 0.15) is 16.2 Å². The Balaban J connectivity index is 3.02. The second kappa shape index (κ2) is 6.53. The van der Waals surface area contributed by atoms with Gasteiger partial charge in [0.15, 0.2) is 11.4 Å². The Morgan fingerprint density at radius 2 is 2.10 bits per heavy atom. The van der Waals surface area contributed by atoms with E-state index in [0.29, 0.717) is 5.69 Å². The van der Waals surface area contributed by atoms with E-state index in [1.165, 1.54) is 20.2 Å². The predicted molar refractivity (Wildman–Crippen MR) is 71.5 cm³/mol. The number of carbonyl (C=O) groups is 1. The van der Waals surface area contributed by atoms with Gasteiger partial charge in [-0.05, 0) is 0 Å². The zero-order chi connectivity index (χ0) is 15.3. The zero-order valence-corrected chi connectivity index (χ0v) is 12.2. The van der Waals surface area contributed by atoms with Crippen molar-refractivity contribution in [1.29, 1.82) is 0 Å². The molecule has 0 radical (unpaired) electrons. The number of amides is 1. The van der Waals surface area contributed by atoms with Gasteiger partial charge in [-0.15, -0.1) is 0 Å². The molecule has 0 aliphatic heterocycles. The fourth-order valence-electron chi connectivity index (χ4n) is 1.53. The van der Waals surface area contributed by atoms with Crippen LogP contribution in [0.3, 0.4) is 0 Å². The second-order valence-corrected chi connectivity index (χ2v) is 5.57. The minimum atomic E-state index is -3.54. The van der Waals surface area contributed by atoms with Gasteiger partial charge in [0.2, 0.25) is 5.43 Å². The maximum atomic E-state index is 11.8. The number of pyridine rings is 1. The molecule has 9 heteroatoms. The third-order valence-corrected chi connectivity index (χ3v) is 2.96. The predicted octanol–water partition coefficient (Wildman–Crippen LogP) is -0.738. The fourth-order valence-corrected chi connectivity index (χ4v) is 1.91. The highest BCUT2D eigenvalue weighted by Gasteiger charge is 2.16. The van der Waals surface area contributed by atoms with E-state index < -0.39 is 21.5 Å². The van der Waals surface area contributed by atoms with E-state index in [1.54, 1.807) is 0 Å². The van der Waals surface area contributed by atoms with Crippen molar-refractivity contribution in [3.8, 4) is 5.75 Å². The second-order valence-electron chi connectivity index (χ2n) is 3.92. The van der Waals surface area contributed by atoms with Crippen LogP contribution in [-0.4, -0.2) is 46.3 Å². The molecule has 8 nitrogen and oxygen atoms in total. The van der Waals surface area contributed by atoms with E-state index >= 15 is 0 Å². The van der Waals surface area contributed by atoms with E-state index in [2.05, 4.69) is 14.5 Å². The molecule has 0 unspecified atom stereocenters. The van der Waals surface area contributed by atoms with E-state index in [9.17, 15) is 18.0 Å². The Kier molecular flexibility index (Phi) is 5.28. The maximum absolute atomic E-state index is 11.8. The minimum Gasteiger partial charge on any atom is -0.491 e. The minimum absolute atomic E-state index is 0.0168. The van der Waals surface area contributed by atoms with Crippen LogP contribution in [0, 0.1) is 0 Å². The molecular formula is C11H16N2O6S. The molecule has 0 saturated carbocycles. The highest BCUT2D eigenvalue weighted by Crippen LogP contribution is 2.11. The largest absolute Gasteiger partial charge is 0.491 e. The van der Waals surface area contributed by atoms with Crippen molar-refractivity contribution in [2.24, 2.45) is 0 Å². The average Bonchev–Trinajstić information content (AvgIpc) is 2.35. The normalized spacial score (nSPS) is 11.2. The van der Waals surface area contributed by atoms with E-state index in [0.717, 1.165) is 6.26 Å². The zero-order valence-electron chi connectivity index (χ0n) is 11.3. The summed E-state index contributed by atoms with van der Waals surface area (Å²) in [6, 6.07) is 1.23. The van der Waals surface area contributed by atoms with Gasteiger partial charge in [-0.2, -0.15) is 8.42 Å². The van der Waals surface area contributed by atoms with Crippen LogP contribution >= 0.6 is 0 Å². The van der Waals surface area contributed by atoms with Crippen LogP contribution in [0.25, 0.3) is 0 Å². The molecule has 0 spiro atoms. The van der Waals surface area contributed by atoms with Gasteiger partial charge in [-0.3, -0.25) is 13.8 Å². The summed E-state index contributed by atoms with van der Waals surface area (Å²) in [6.07, 6.45) is 1.07. The number of hydrogen-bond acceptors (Lipinski definition) is 6. The van der Waals surface area contributed by atoms with Gasteiger partial charge in [0.1, 0.15) is 0 Å². The summed E-state index contributed by atoms with van der Waals surface area (Å²) in [5.74, 6) is -0.609. The smallest absolute Gasteiger partial charge is 0.271 e. The van der Waals surface area contributed by atoms with Crippen molar-refractivity contribution in [2.45, 2.75) is 6.42 Å². The first kappa shape index (κ1) is 16.2. The number of rotatable bonds is 6. The van der Waals surface area contributed by atoms with Crippen LogP contribution in [0.4, 0.5) is 0 Å². The topological polar surface area (TPSA) is 115 Å². The molecule has 20 heavy (non-hydrogen) atoms.